The summed E-state index contributed by atoms with van der Waals surface area (Å²) < 4.78 is 1.29. The van der Waals surface area contributed by atoms with Crippen molar-refractivity contribution in [1.29, 1.82) is 0 Å². The second-order valence-electron chi connectivity index (χ2n) is 7.76. The number of hydrogen-bond acceptors (Lipinski definition) is 4. The summed E-state index contributed by atoms with van der Waals surface area (Å²) in [5.41, 5.74) is 0. The van der Waals surface area contributed by atoms with Gasteiger partial charge in [-0.25, -0.2) is 0 Å². The van der Waals surface area contributed by atoms with Crippen LogP contribution in [-0.4, -0.2) is 41.4 Å². The Balaban J connectivity index is 1.39. The molecule has 0 bridgehead atoms. The Morgan fingerprint density at radius 2 is 2.12 bits per heavy atom. The predicted octanol–water partition coefficient (Wildman–Crippen LogP) is 2.50. The molecule has 0 radical (unpaired) electrons. The van der Waals surface area contributed by atoms with Crippen LogP contribution in [0, 0.1) is 5.92 Å². The highest BCUT2D eigenvalue weighted by molar-refractivity contribution is 7.19. The summed E-state index contributed by atoms with van der Waals surface area (Å²) >= 11 is 1.79. The second-order valence-corrected chi connectivity index (χ2v) is 8.93. The van der Waals surface area contributed by atoms with Crippen LogP contribution >= 0.6 is 11.3 Å². The van der Waals surface area contributed by atoms with Crippen LogP contribution in [-0.2, 0) is 16.1 Å². The maximum Gasteiger partial charge on any atom is 0.245 e. The Morgan fingerprint density at radius 3 is 2.88 bits per heavy atom. The third kappa shape index (κ3) is 3.35. The summed E-state index contributed by atoms with van der Waals surface area (Å²) in [6.07, 6.45) is 1.39. The van der Waals surface area contributed by atoms with Crippen molar-refractivity contribution < 1.29 is 9.59 Å². The number of carbonyl (C=O) groups is 2. The van der Waals surface area contributed by atoms with E-state index < -0.39 is 0 Å². The van der Waals surface area contributed by atoms with E-state index in [2.05, 4.69) is 54.8 Å². The molecule has 2 fully saturated rings. The van der Waals surface area contributed by atoms with Crippen LogP contribution in [0.15, 0.2) is 30.3 Å². The van der Waals surface area contributed by atoms with E-state index in [0.29, 0.717) is 25.3 Å². The first kappa shape index (κ1) is 17.5. The molecule has 0 saturated carbocycles. The van der Waals surface area contributed by atoms with Crippen LogP contribution in [0.25, 0.3) is 10.1 Å². The second kappa shape index (κ2) is 7.00. The number of nitrogens with zero attached hydrogens (tertiary/aromatic N) is 1. The van der Waals surface area contributed by atoms with Crippen molar-refractivity contribution in [2.45, 2.75) is 51.4 Å². The van der Waals surface area contributed by atoms with Crippen molar-refractivity contribution in [2.24, 2.45) is 5.92 Å². The van der Waals surface area contributed by atoms with Gasteiger partial charge in [0.2, 0.25) is 11.8 Å². The molecule has 2 aliphatic rings. The molecule has 3 heterocycles. The van der Waals surface area contributed by atoms with Gasteiger partial charge in [-0.15, -0.1) is 11.3 Å². The van der Waals surface area contributed by atoms with Gasteiger partial charge in [-0.05, 0) is 36.3 Å². The smallest absolute Gasteiger partial charge is 0.245 e. The molecular formula is C20H25N3O2S. The zero-order chi connectivity index (χ0) is 18.3. The van der Waals surface area contributed by atoms with Gasteiger partial charge in [-0.1, -0.05) is 32.0 Å². The van der Waals surface area contributed by atoms with Gasteiger partial charge in [0.1, 0.15) is 12.1 Å². The van der Waals surface area contributed by atoms with Crippen LogP contribution in [0.1, 0.15) is 31.6 Å². The normalized spacial score (nSPS) is 25.8. The standard InChI is InChI=1S/C20H25N3O2S/c1-12(2)7-16-20(25)23-11-14(9-17(23)19(24)22-16)21-10-15-8-13-5-3-4-6-18(13)26-15/h3-6,8,12,14,16-17,21H,7,9-11H2,1-2H3,(H,22,24)/t14-,16+,17-/m0/s1. The molecule has 5 nitrogen and oxygen atoms in total. The number of amides is 2. The lowest BCUT2D eigenvalue weighted by atomic mass is 9.99. The Labute approximate surface area is 157 Å². The average Bonchev–Trinajstić information content (AvgIpc) is 3.21. The highest BCUT2D eigenvalue weighted by Gasteiger charge is 2.46. The molecule has 4 rings (SSSR count). The maximum atomic E-state index is 12.7. The van der Waals surface area contributed by atoms with Crippen LogP contribution < -0.4 is 10.6 Å². The van der Waals surface area contributed by atoms with E-state index in [-0.39, 0.29) is 29.9 Å². The van der Waals surface area contributed by atoms with Gasteiger partial charge in [0.25, 0.3) is 0 Å². The van der Waals surface area contributed by atoms with Gasteiger partial charge >= 0.3 is 0 Å². The molecule has 3 atom stereocenters. The molecule has 0 spiro atoms. The minimum Gasteiger partial charge on any atom is -0.342 e. The largest absolute Gasteiger partial charge is 0.342 e. The van der Waals surface area contributed by atoms with Gasteiger partial charge in [0.15, 0.2) is 0 Å². The molecular weight excluding hydrogens is 346 g/mol. The number of carbonyl (C=O) groups excluding carboxylic acids is 2. The quantitative estimate of drug-likeness (QED) is 0.849. The third-order valence-corrected chi connectivity index (χ3v) is 6.37. The first-order valence-corrected chi connectivity index (χ1v) is 10.1. The fourth-order valence-electron chi connectivity index (χ4n) is 4.01. The summed E-state index contributed by atoms with van der Waals surface area (Å²) in [4.78, 5) is 28.2. The van der Waals surface area contributed by atoms with Crippen LogP contribution in [0.5, 0.6) is 0 Å². The molecule has 6 heteroatoms. The number of hydrogen-bond donors (Lipinski definition) is 2. The van der Waals surface area contributed by atoms with Crippen LogP contribution in [0.4, 0.5) is 0 Å². The number of rotatable bonds is 5. The molecule has 1 aromatic heterocycles. The van der Waals surface area contributed by atoms with Crippen molar-refractivity contribution >= 4 is 33.2 Å². The molecule has 2 aliphatic heterocycles. The number of thiophene rings is 1. The molecule has 2 N–H and O–H groups in total. The number of nitrogens with one attached hydrogen (secondary N) is 2. The van der Waals surface area contributed by atoms with E-state index in [1.54, 1.807) is 16.2 Å². The maximum absolute atomic E-state index is 12.7. The molecule has 2 saturated heterocycles. The zero-order valence-electron chi connectivity index (χ0n) is 15.2. The fraction of sp³-hybridized carbons (Fsp3) is 0.500. The molecule has 2 aromatic rings. The minimum absolute atomic E-state index is 0.00131. The van der Waals surface area contributed by atoms with Gasteiger partial charge < -0.3 is 15.5 Å². The third-order valence-electron chi connectivity index (χ3n) is 5.25. The molecule has 26 heavy (non-hydrogen) atoms. The van der Waals surface area contributed by atoms with E-state index in [1.165, 1.54) is 15.0 Å². The highest BCUT2D eigenvalue weighted by Crippen LogP contribution is 2.27. The topological polar surface area (TPSA) is 61.4 Å². The van der Waals surface area contributed by atoms with E-state index in [0.717, 1.165) is 6.54 Å². The monoisotopic (exact) mass is 371 g/mol. The summed E-state index contributed by atoms with van der Waals surface area (Å²) in [6, 6.07) is 10.1. The molecule has 1 aromatic carbocycles. The van der Waals surface area contributed by atoms with Crippen LogP contribution in [0.2, 0.25) is 0 Å². The number of piperazine rings is 1. The SMILES string of the molecule is CC(C)C[C@H]1NC(=O)[C@@H]2C[C@H](NCc3cc4ccccc4s3)CN2C1=O. The van der Waals surface area contributed by atoms with E-state index >= 15 is 0 Å². The molecule has 138 valence electrons. The molecule has 0 unspecified atom stereocenters. The highest BCUT2D eigenvalue weighted by atomic mass is 32.1. The Hall–Kier alpha value is -1.92. The van der Waals surface area contributed by atoms with Crippen molar-refractivity contribution in [1.82, 2.24) is 15.5 Å². The zero-order valence-corrected chi connectivity index (χ0v) is 16.0. The van der Waals surface area contributed by atoms with E-state index in [1.807, 2.05) is 0 Å². The predicted molar refractivity (Wildman–Crippen MR) is 104 cm³/mol. The Kier molecular flexibility index (Phi) is 4.71. The minimum atomic E-state index is -0.361. The summed E-state index contributed by atoms with van der Waals surface area (Å²) in [7, 11) is 0. The van der Waals surface area contributed by atoms with Crippen molar-refractivity contribution in [2.75, 3.05) is 6.54 Å². The van der Waals surface area contributed by atoms with Gasteiger partial charge in [0.05, 0.1) is 0 Å². The first-order chi connectivity index (χ1) is 12.5. The first-order valence-electron chi connectivity index (χ1n) is 9.33. The lowest BCUT2D eigenvalue weighted by Gasteiger charge is -2.35. The molecule has 0 aliphatic carbocycles. The lowest BCUT2D eigenvalue weighted by Crippen LogP contribution is -2.61. The van der Waals surface area contributed by atoms with Crippen molar-refractivity contribution in [3.63, 3.8) is 0 Å². The number of fused-ring (bicyclic) bond motifs is 2. The fourth-order valence-corrected chi connectivity index (χ4v) is 5.02. The number of benzene rings is 1. The summed E-state index contributed by atoms with van der Waals surface area (Å²) in [6.45, 7) is 5.54. The summed E-state index contributed by atoms with van der Waals surface area (Å²) in [5.74, 6) is 0.459. The summed E-state index contributed by atoms with van der Waals surface area (Å²) in [5, 5.41) is 7.74. The van der Waals surface area contributed by atoms with Crippen molar-refractivity contribution in [3.05, 3.63) is 35.2 Å². The average molecular weight is 372 g/mol. The van der Waals surface area contributed by atoms with Crippen LogP contribution in [0.3, 0.4) is 0 Å². The van der Waals surface area contributed by atoms with Gasteiger partial charge in [0, 0.05) is 28.7 Å². The Bertz CT molecular complexity index is 798. The Morgan fingerprint density at radius 1 is 1.31 bits per heavy atom. The van der Waals surface area contributed by atoms with E-state index in [4.69, 9.17) is 0 Å². The van der Waals surface area contributed by atoms with Gasteiger partial charge in [-0.3, -0.25) is 9.59 Å². The van der Waals surface area contributed by atoms with E-state index in [9.17, 15) is 9.59 Å². The van der Waals surface area contributed by atoms with Crippen molar-refractivity contribution in [3.8, 4) is 0 Å². The lowest BCUT2D eigenvalue weighted by molar-refractivity contribution is -0.147. The van der Waals surface area contributed by atoms with Gasteiger partial charge in [-0.2, -0.15) is 0 Å². The molecule has 2 amide bonds.